The molecule has 31 heavy (non-hydrogen) atoms. The van der Waals surface area contributed by atoms with Gasteiger partial charge in [0.25, 0.3) is 5.91 Å². The maximum atomic E-state index is 15.4. The van der Waals surface area contributed by atoms with Gasteiger partial charge in [-0.3, -0.25) is 9.59 Å². The van der Waals surface area contributed by atoms with E-state index in [1.165, 1.54) is 24.0 Å². The van der Waals surface area contributed by atoms with Gasteiger partial charge in [0.15, 0.2) is 17.7 Å². The van der Waals surface area contributed by atoms with Gasteiger partial charge in [0.2, 0.25) is 5.91 Å². The number of carbonyl (C=O) groups excluding carboxylic acids is 2. The Labute approximate surface area is 185 Å². The van der Waals surface area contributed by atoms with Crippen LogP contribution in [0.3, 0.4) is 0 Å². The van der Waals surface area contributed by atoms with Crippen molar-refractivity contribution >= 4 is 34.8 Å². The molecule has 1 atom stereocenters. The van der Waals surface area contributed by atoms with Crippen molar-refractivity contribution in [2.24, 2.45) is 5.41 Å². The van der Waals surface area contributed by atoms with Crippen LogP contribution >= 0.6 is 11.6 Å². The number of fused-ring (bicyclic) bond motifs is 1. The van der Waals surface area contributed by atoms with Crippen molar-refractivity contribution in [3.63, 3.8) is 0 Å². The summed E-state index contributed by atoms with van der Waals surface area (Å²) in [4.78, 5) is 26.5. The number of halogens is 3. The van der Waals surface area contributed by atoms with Gasteiger partial charge in [-0.15, -0.1) is 0 Å². The summed E-state index contributed by atoms with van der Waals surface area (Å²) in [7, 11) is 0. The van der Waals surface area contributed by atoms with E-state index in [4.69, 9.17) is 16.3 Å². The zero-order chi connectivity index (χ0) is 23.1. The van der Waals surface area contributed by atoms with E-state index in [9.17, 15) is 14.0 Å². The van der Waals surface area contributed by atoms with E-state index in [1.807, 2.05) is 20.8 Å². The molecule has 0 radical (unpaired) electrons. The third kappa shape index (κ3) is 5.15. The monoisotopic (exact) mass is 450 g/mol. The molecular weight excluding hydrogens is 426 g/mol. The molecule has 5 nitrogen and oxygen atoms in total. The Kier molecular flexibility index (Phi) is 6.28. The molecule has 8 heteroatoms. The van der Waals surface area contributed by atoms with Crippen molar-refractivity contribution in [3.8, 4) is 5.75 Å². The Balaban J connectivity index is 2.00. The highest BCUT2D eigenvalue weighted by molar-refractivity contribution is 6.30. The SMILES string of the molecule is Cc1cc2c(c(F)c1NC(=O)CC(C)(C)C)OC(C)C(=O)N2Cc1cc(F)cc(Cl)c1. The average molecular weight is 451 g/mol. The van der Waals surface area contributed by atoms with Gasteiger partial charge in [-0.05, 0) is 54.7 Å². The van der Waals surface area contributed by atoms with Crippen LogP contribution in [-0.2, 0) is 16.1 Å². The number of nitrogens with one attached hydrogen (secondary N) is 1. The summed E-state index contributed by atoms with van der Waals surface area (Å²) >= 11 is 5.93. The molecule has 1 N–H and O–H groups in total. The topological polar surface area (TPSA) is 58.6 Å². The molecule has 1 aliphatic heterocycles. The number of benzene rings is 2. The Hall–Kier alpha value is -2.67. The summed E-state index contributed by atoms with van der Waals surface area (Å²) < 4.78 is 34.7. The van der Waals surface area contributed by atoms with E-state index in [0.29, 0.717) is 11.1 Å². The molecule has 2 amide bonds. The van der Waals surface area contributed by atoms with Gasteiger partial charge in [0.1, 0.15) is 5.82 Å². The number of ether oxygens (including phenoxy) is 1. The van der Waals surface area contributed by atoms with Crippen LogP contribution < -0.4 is 15.0 Å². The van der Waals surface area contributed by atoms with E-state index in [0.717, 1.165) is 0 Å². The van der Waals surface area contributed by atoms with Crippen molar-refractivity contribution in [2.75, 3.05) is 10.2 Å². The zero-order valence-corrected chi connectivity index (χ0v) is 18.9. The molecule has 0 fully saturated rings. The van der Waals surface area contributed by atoms with Crippen LogP contribution in [0.15, 0.2) is 24.3 Å². The third-order valence-corrected chi connectivity index (χ3v) is 5.03. The highest BCUT2D eigenvalue weighted by Crippen LogP contribution is 2.42. The maximum Gasteiger partial charge on any atom is 0.268 e. The zero-order valence-electron chi connectivity index (χ0n) is 18.1. The molecule has 166 valence electrons. The summed E-state index contributed by atoms with van der Waals surface area (Å²) in [6, 6.07) is 5.56. The van der Waals surface area contributed by atoms with Crippen LogP contribution in [0.4, 0.5) is 20.2 Å². The summed E-state index contributed by atoms with van der Waals surface area (Å²) in [6.45, 7) is 8.87. The second-order valence-corrected chi connectivity index (χ2v) is 9.41. The molecular formula is C23H25ClF2N2O3. The Bertz CT molecular complexity index is 1030. The lowest BCUT2D eigenvalue weighted by molar-refractivity contribution is -0.125. The molecule has 0 aromatic heterocycles. The normalized spacial score (nSPS) is 16.1. The van der Waals surface area contributed by atoms with Crippen molar-refractivity contribution in [2.45, 2.75) is 53.7 Å². The van der Waals surface area contributed by atoms with Crippen LogP contribution in [0.25, 0.3) is 0 Å². The van der Waals surface area contributed by atoms with Crippen molar-refractivity contribution in [3.05, 3.63) is 52.0 Å². The molecule has 2 aromatic rings. The van der Waals surface area contributed by atoms with Gasteiger partial charge in [0.05, 0.1) is 17.9 Å². The summed E-state index contributed by atoms with van der Waals surface area (Å²) in [5.74, 6) is -2.13. The van der Waals surface area contributed by atoms with Crippen molar-refractivity contribution < 1.29 is 23.1 Å². The van der Waals surface area contributed by atoms with E-state index in [1.54, 1.807) is 19.1 Å². The Morgan fingerprint density at radius 2 is 1.90 bits per heavy atom. The highest BCUT2D eigenvalue weighted by atomic mass is 35.5. The number of hydrogen-bond donors (Lipinski definition) is 1. The van der Waals surface area contributed by atoms with Gasteiger partial charge < -0.3 is 15.0 Å². The molecule has 0 aliphatic carbocycles. The van der Waals surface area contributed by atoms with E-state index in [-0.39, 0.29) is 46.4 Å². The van der Waals surface area contributed by atoms with Gasteiger partial charge in [-0.25, -0.2) is 8.78 Å². The lowest BCUT2D eigenvalue weighted by Gasteiger charge is -2.34. The van der Waals surface area contributed by atoms with Crippen LogP contribution in [0.2, 0.25) is 5.02 Å². The Morgan fingerprint density at radius 3 is 2.52 bits per heavy atom. The number of anilines is 2. The van der Waals surface area contributed by atoms with Gasteiger partial charge in [0, 0.05) is 11.4 Å². The first-order valence-corrected chi connectivity index (χ1v) is 10.3. The summed E-state index contributed by atoms with van der Waals surface area (Å²) in [5, 5.41) is 2.82. The van der Waals surface area contributed by atoms with E-state index < -0.39 is 23.6 Å². The predicted molar refractivity (Wildman–Crippen MR) is 117 cm³/mol. The van der Waals surface area contributed by atoms with Gasteiger partial charge in [-0.2, -0.15) is 0 Å². The smallest absolute Gasteiger partial charge is 0.268 e. The fourth-order valence-electron chi connectivity index (χ4n) is 3.49. The second-order valence-electron chi connectivity index (χ2n) is 8.98. The molecule has 2 aromatic carbocycles. The van der Waals surface area contributed by atoms with Crippen LogP contribution in [0.5, 0.6) is 5.75 Å². The first-order valence-electron chi connectivity index (χ1n) is 9.91. The predicted octanol–water partition coefficient (Wildman–Crippen LogP) is 5.62. The highest BCUT2D eigenvalue weighted by Gasteiger charge is 2.35. The number of nitrogens with zero attached hydrogens (tertiary/aromatic N) is 1. The molecule has 0 saturated heterocycles. The molecule has 0 spiro atoms. The lowest BCUT2D eigenvalue weighted by Crippen LogP contribution is -2.44. The fourth-order valence-corrected chi connectivity index (χ4v) is 3.73. The molecule has 0 bridgehead atoms. The van der Waals surface area contributed by atoms with E-state index in [2.05, 4.69) is 5.32 Å². The number of rotatable bonds is 4. The molecule has 3 rings (SSSR count). The number of aryl methyl sites for hydroxylation is 1. The van der Waals surface area contributed by atoms with E-state index >= 15 is 4.39 Å². The number of hydrogen-bond acceptors (Lipinski definition) is 3. The molecule has 1 unspecified atom stereocenters. The molecule has 1 aliphatic rings. The number of carbonyl (C=O) groups is 2. The number of amides is 2. The van der Waals surface area contributed by atoms with Crippen molar-refractivity contribution in [1.29, 1.82) is 0 Å². The largest absolute Gasteiger partial charge is 0.476 e. The molecule has 1 heterocycles. The second kappa shape index (κ2) is 8.46. The minimum absolute atomic E-state index is 0.00831. The van der Waals surface area contributed by atoms with Gasteiger partial charge in [-0.1, -0.05) is 32.4 Å². The fraction of sp³-hybridized carbons (Fsp3) is 0.391. The maximum absolute atomic E-state index is 15.4. The average Bonchev–Trinajstić information content (AvgIpc) is 2.61. The van der Waals surface area contributed by atoms with Gasteiger partial charge >= 0.3 is 0 Å². The molecule has 0 saturated carbocycles. The standard InChI is InChI=1S/C23H25ClF2N2O3/c1-12-6-17-21(19(26)20(12)27-18(29)10-23(3,4)5)31-13(2)22(30)28(17)11-14-7-15(24)9-16(25)8-14/h6-9,13H,10-11H2,1-5H3,(H,27,29). The van der Waals surface area contributed by atoms with Crippen LogP contribution in [-0.4, -0.2) is 17.9 Å². The van der Waals surface area contributed by atoms with Crippen LogP contribution in [0, 0.1) is 24.0 Å². The van der Waals surface area contributed by atoms with Crippen molar-refractivity contribution in [1.82, 2.24) is 0 Å². The third-order valence-electron chi connectivity index (χ3n) is 4.82. The first kappa shape index (κ1) is 23.0. The summed E-state index contributed by atoms with van der Waals surface area (Å²) in [6.07, 6.45) is -0.739. The quantitative estimate of drug-likeness (QED) is 0.658. The minimum Gasteiger partial charge on any atom is -0.476 e. The Morgan fingerprint density at radius 1 is 1.23 bits per heavy atom. The first-order chi connectivity index (χ1) is 14.4. The van der Waals surface area contributed by atoms with Crippen LogP contribution in [0.1, 0.15) is 45.2 Å². The minimum atomic E-state index is -0.952. The summed E-state index contributed by atoms with van der Waals surface area (Å²) in [5.41, 5.74) is 0.865. The lowest BCUT2D eigenvalue weighted by atomic mass is 9.92.